The highest BCUT2D eigenvalue weighted by molar-refractivity contribution is 9.10. The summed E-state index contributed by atoms with van der Waals surface area (Å²) < 4.78 is 6.26. The predicted molar refractivity (Wildman–Crippen MR) is 56.0 cm³/mol. The lowest BCUT2D eigenvalue weighted by Gasteiger charge is -2.05. The van der Waals surface area contributed by atoms with E-state index in [4.69, 9.17) is 4.74 Å². The van der Waals surface area contributed by atoms with Crippen molar-refractivity contribution in [3.63, 3.8) is 0 Å². The number of halogens is 1. The first kappa shape index (κ1) is 8.56. The summed E-state index contributed by atoms with van der Waals surface area (Å²) in [7, 11) is 0. The summed E-state index contributed by atoms with van der Waals surface area (Å²) in [6, 6.07) is 8.49. The maximum absolute atomic E-state index is 5.22. The van der Waals surface area contributed by atoms with Crippen molar-refractivity contribution in [1.82, 2.24) is 0 Å². The van der Waals surface area contributed by atoms with Gasteiger partial charge in [-0.15, -0.1) is 0 Å². The number of amidine groups is 1. The van der Waals surface area contributed by atoms with E-state index in [-0.39, 0.29) is 0 Å². The Morgan fingerprint density at radius 3 is 3.08 bits per heavy atom. The first-order valence-electron chi connectivity index (χ1n) is 4.04. The van der Waals surface area contributed by atoms with Crippen LogP contribution in [-0.2, 0) is 4.74 Å². The molecule has 4 heteroatoms. The van der Waals surface area contributed by atoms with E-state index in [1.165, 1.54) is 0 Å². The molecular formula is C9H9BrN2O. The minimum absolute atomic E-state index is 0.609. The molecule has 0 aliphatic carbocycles. The second kappa shape index (κ2) is 3.79. The van der Waals surface area contributed by atoms with Crippen LogP contribution in [0.1, 0.15) is 0 Å². The number of rotatable bonds is 1. The minimum Gasteiger partial charge on any atom is -0.463 e. The smallest absolute Gasteiger partial charge is 0.289 e. The lowest BCUT2D eigenvalue weighted by molar-refractivity contribution is 0.346. The summed E-state index contributed by atoms with van der Waals surface area (Å²) in [4.78, 5) is 4.13. The van der Waals surface area contributed by atoms with Crippen LogP contribution in [0, 0.1) is 0 Å². The van der Waals surface area contributed by atoms with E-state index in [1.807, 2.05) is 24.3 Å². The van der Waals surface area contributed by atoms with E-state index < -0.39 is 0 Å². The molecule has 0 saturated heterocycles. The quantitative estimate of drug-likeness (QED) is 0.818. The van der Waals surface area contributed by atoms with Crippen LogP contribution in [0.2, 0.25) is 0 Å². The fourth-order valence-corrected chi connectivity index (χ4v) is 1.50. The van der Waals surface area contributed by atoms with Gasteiger partial charge in [-0.05, 0) is 18.2 Å². The zero-order chi connectivity index (χ0) is 9.10. The lowest BCUT2D eigenvalue weighted by Crippen LogP contribution is -2.11. The summed E-state index contributed by atoms with van der Waals surface area (Å²) in [6.07, 6.45) is 0. The number of anilines is 1. The highest BCUT2D eigenvalue weighted by atomic mass is 79.9. The van der Waals surface area contributed by atoms with E-state index in [2.05, 4.69) is 26.2 Å². The van der Waals surface area contributed by atoms with Gasteiger partial charge < -0.3 is 10.1 Å². The second-order valence-corrected chi connectivity index (χ2v) is 3.59. The third kappa shape index (κ3) is 2.21. The molecule has 2 rings (SSSR count). The normalized spacial score (nSPS) is 15.0. The van der Waals surface area contributed by atoms with Crippen molar-refractivity contribution in [2.45, 2.75) is 0 Å². The van der Waals surface area contributed by atoms with Crippen molar-refractivity contribution >= 4 is 27.6 Å². The molecule has 68 valence electrons. The van der Waals surface area contributed by atoms with E-state index >= 15 is 0 Å². The van der Waals surface area contributed by atoms with Crippen LogP contribution >= 0.6 is 15.9 Å². The van der Waals surface area contributed by atoms with Gasteiger partial charge in [-0.1, -0.05) is 22.0 Å². The third-order valence-corrected chi connectivity index (χ3v) is 2.15. The Labute approximate surface area is 84.9 Å². The highest BCUT2D eigenvalue weighted by Gasteiger charge is 2.06. The van der Waals surface area contributed by atoms with E-state index in [9.17, 15) is 0 Å². The van der Waals surface area contributed by atoms with Gasteiger partial charge in [0.1, 0.15) is 6.61 Å². The van der Waals surface area contributed by atoms with Gasteiger partial charge in [-0.25, -0.2) is 4.99 Å². The van der Waals surface area contributed by atoms with Gasteiger partial charge in [0.25, 0.3) is 6.02 Å². The fourth-order valence-electron chi connectivity index (χ4n) is 1.10. The Balaban J connectivity index is 2.09. The zero-order valence-corrected chi connectivity index (χ0v) is 8.54. The molecule has 1 aliphatic heterocycles. The summed E-state index contributed by atoms with van der Waals surface area (Å²) in [5.41, 5.74) is 0.982. The molecule has 0 radical (unpaired) electrons. The van der Waals surface area contributed by atoms with Gasteiger partial charge in [0.2, 0.25) is 0 Å². The Kier molecular flexibility index (Phi) is 2.49. The predicted octanol–water partition coefficient (Wildman–Crippen LogP) is 2.25. The molecule has 1 aliphatic rings. The molecule has 0 spiro atoms. The molecule has 0 aromatic heterocycles. The summed E-state index contributed by atoms with van der Waals surface area (Å²) in [6.45, 7) is 1.42. The molecule has 13 heavy (non-hydrogen) atoms. The zero-order valence-electron chi connectivity index (χ0n) is 6.96. The number of aliphatic imine (C=N–C) groups is 1. The average molecular weight is 241 g/mol. The van der Waals surface area contributed by atoms with Gasteiger partial charge in [0.15, 0.2) is 0 Å². The van der Waals surface area contributed by atoms with Crippen molar-refractivity contribution in [2.75, 3.05) is 18.5 Å². The first-order valence-corrected chi connectivity index (χ1v) is 4.84. The van der Waals surface area contributed by atoms with Crippen molar-refractivity contribution in [3.8, 4) is 0 Å². The van der Waals surface area contributed by atoms with Crippen molar-refractivity contribution in [3.05, 3.63) is 28.7 Å². The maximum atomic E-state index is 5.22. The molecule has 3 nitrogen and oxygen atoms in total. The molecule has 0 unspecified atom stereocenters. The standard InChI is InChI=1S/C9H9BrN2O/c10-7-2-1-3-8(6-7)12-9-11-4-5-13-9/h1-3,6H,4-5H2,(H,11,12). The van der Waals surface area contributed by atoms with Crippen molar-refractivity contribution in [2.24, 2.45) is 4.99 Å². The minimum atomic E-state index is 0.609. The SMILES string of the molecule is Brc1cccc(NC2=NCCO2)c1. The maximum Gasteiger partial charge on any atom is 0.289 e. The summed E-state index contributed by atoms with van der Waals surface area (Å²) in [5.74, 6) is 0. The van der Waals surface area contributed by atoms with Crippen LogP contribution in [0.15, 0.2) is 33.7 Å². The topological polar surface area (TPSA) is 33.6 Å². The molecule has 0 saturated carbocycles. The average Bonchev–Trinajstić information content (AvgIpc) is 2.57. The number of nitrogens with zero attached hydrogens (tertiary/aromatic N) is 1. The molecule has 1 heterocycles. The molecule has 0 atom stereocenters. The van der Waals surface area contributed by atoms with E-state index in [0.717, 1.165) is 16.7 Å². The lowest BCUT2D eigenvalue weighted by atomic mass is 10.3. The van der Waals surface area contributed by atoms with E-state index in [1.54, 1.807) is 0 Å². The van der Waals surface area contributed by atoms with Crippen LogP contribution in [0.25, 0.3) is 0 Å². The Morgan fingerprint density at radius 1 is 1.46 bits per heavy atom. The van der Waals surface area contributed by atoms with Crippen LogP contribution in [0.3, 0.4) is 0 Å². The van der Waals surface area contributed by atoms with Crippen molar-refractivity contribution < 1.29 is 4.74 Å². The monoisotopic (exact) mass is 240 g/mol. The molecule has 0 bridgehead atoms. The number of benzene rings is 1. The summed E-state index contributed by atoms with van der Waals surface area (Å²) >= 11 is 3.39. The number of ether oxygens (including phenoxy) is 1. The highest BCUT2D eigenvalue weighted by Crippen LogP contribution is 2.16. The molecule has 0 amide bonds. The van der Waals surface area contributed by atoms with Gasteiger partial charge in [0, 0.05) is 10.2 Å². The molecular weight excluding hydrogens is 232 g/mol. The molecule has 1 aromatic rings. The Hall–Kier alpha value is -1.03. The largest absolute Gasteiger partial charge is 0.463 e. The number of nitrogens with one attached hydrogen (secondary N) is 1. The molecule has 1 N–H and O–H groups in total. The molecule has 1 aromatic carbocycles. The fraction of sp³-hybridized carbons (Fsp3) is 0.222. The van der Waals surface area contributed by atoms with E-state index in [0.29, 0.717) is 12.6 Å². The third-order valence-electron chi connectivity index (χ3n) is 1.66. The number of hydrogen-bond acceptors (Lipinski definition) is 3. The van der Waals surface area contributed by atoms with Gasteiger partial charge in [-0.3, -0.25) is 0 Å². The number of hydrogen-bond donors (Lipinski definition) is 1. The van der Waals surface area contributed by atoms with Gasteiger partial charge in [-0.2, -0.15) is 0 Å². The summed E-state index contributed by atoms with van der Waals surface area (Å²) in [5, 5.41) is 3.08. The van der Waals surface area contributed by atoms with Crippen LogP contribution in [-0.4, -0.2) is 19.2 Å². The van der Waals surface area contributed by atoms with Crippen LogP contribution < -0.4 is 5.32 Å². The van der Waals surface area contributed by atoms with Crippen LogP contribution in [0.4, 0.5) is 5.69 Å². The van der Waals surface area contributed by atoms with Crippen LogP contribution in [0.5, 0.6) is 0 Å². The second-order valence-electron chi connectivity index (χ2n) is 2.67. The first-order chi connectivity index (χ1) is 6.34. The Bertz CT molecular complexity index is 338. The Morgan fingerprint density at radius 2 is 2.38 bits per heavy atom. The van der Waals surface area contributed by atoms with Crippen molar-refractivity contribution in [1.29, 1.82) is 0 Å². The molecule has 0 fully saturated rings. The van der Waals surface area contributed by atoms with Gasteiger partial charge in [0.05, 0.1) is 6.54 Å². The van der Waals surface area contributed by atoms with Gasteiger partial charge >= 0.3 is 0 Å².